The van der Waals surface area contributed by atoms with Gasteiger partial charge < -0.3 is 15.3 Å². The largest absolute Gasteiger partial charge is 0.481 e. The summed E-state index contributed by atoms with van der Waals surface area (Å²) in [5.74, 6) is -0.924. The molecule has 6 heteroatoms. The van der Waals surface area contributed by atoms with Gasteiger partial charge >= 0.3 is 12.0 Å². The van der Waals surface area contributed by atoms with Gasteiger partial charge in [0.15, 0.2) is 0 Å². The fraction of sp³-hybridized carbons (Fsp3) is 0.769. The second-order valence-electron chi connectivity index (χ2n) is 4.73. The van der Waals surface area contributed by atoms with E-state index in [-0.39, 0.29) is 31.0 Å². The van der Waals surface area contributed by atoms with Gasteiger partial charge in [0, 0.05) is 18.6 Å². The first-order chi connectivity index (χ1) is 8.92. The van der Waals surface area contributed by atoms with Crippen molar-refractivity contribution in [1.82, 2.24) is 10.2 Å². The van der Waals surface area contributed by atoms with Gasteiger partial charge in [0.2, 0.25) is 0 Å². The molecule has 0 aliphatic heterocycles. The minimum atomic E-state index is -0.924. The summed E-state index contributed by atoms with van der Waals surface area (Å²) >= 11 is 0. The number of aliphatic carboxylic acids is 1. The molecular formula is C13H23N3O3. The van der Waals surface area contributed by atoms with Gasteiger partial charge in [-0.05, 0) is 20.3 Å². The number of carboxylic acid groups (broad SMARTS) is 1. The van der Waals surface area contributed by atoms with E-state index in [0.29, 0.717) is 13.0 Å². The van der Waals surface area contributed by atoms with Crippen LogP contribution in [0.4, 0.5) is 4.79 Å². The normalized spacial score (nSPS) is 11.7. The Bertz CT molecular complexity index is 337. The van der Waals surface area contributed by atoms with Crippen molar-refractivity contribution in [2.24, 2.45) is 0 Å². The molecule has 0 aliphatic rings. The lowest BCUT2D eigenvalue weighted by Crippen LogP contribution is -2.48. The summed E-state index contributed by atoms with van der Waals surface area (Å²) in [7, 11) is 0. The number of hydrogen-bond donors (Lipinski definition) is 2. The van der Waals surface area contributed by atoms with E-state index in [2.05, 4.69) is 5.32 Å². The van der Waals surface area contributed by atoms with Crippen LogP contribution in [0.1, 0.15) is 46.5 Å². The molecule has 0 aliphatic carbocycles. The molecule has 108 valence electrons. The third-order valence-electron chi connectivity index (χ3n) is 2.73. The molecule has 0 radical (unpaired) electrons. The average molecular weight is 269 g/mol. The number of carboxylic acids is 1. The third-order valence-corrected chi connectivity index (χ3v) is 2.73. The fourth-order valence-corrected chi connectivity index (χ4v) is 1.81. The molecule has 0 fully saturated rings. The number of carbonyl (C=O) groups is 2. The Morgan fingerprint density at radius 2 is 2.05 bits per heavy atom. The molecule has 6 nitrogen and oxygen atoms in total. The molecule has 0 rings (SSSR count). The number of urea groups is 1. The Labute approximate surface area is 114 Å². The Morgan fingerprint density at radius 3 is 2.47 bits per heavy atom. The SMILES string of the molecule is CCCC(CC(=O)O)NC(=O)N(CCC#N)C(C)C. The number of rotatable bonds is 8. The molecule has 0 heterocycles. The minimum absolute atomic E-state index is 0.0274. The monoisotopic (exact) mass is 269 g/mol. The molecule has 1 atom stereocenters. The van der Waals surface area contributed by atoms with Crippen molar-refractivity contribution in [2.75, 3.05) is 6.54 Å². The highest BCUT2D eigenvalue weighted by atomic mass is 16.4. The van der Waals surface area contributed by atoms with Gasteiger partial charge in [0.1, 0.15) is 0 Å². The Hall–Kier alpha value is -1.77. The zero-order valence-corrected chi connectivity index (χ0v) is 11.8. The number of carbonyl (C=O) groups excluding carboxylic acids is 1. The highest BCUT2D eigenvalue weighted by Gasteiger charge is 2.21. The van der Waals surface area contributed by atoms with Crippen molar-refractivity contribution in [2.45, 2.75) is 58.5 Å². The molecule has 0 spiro atoms. The van der Waals surface area contributed by atoms with Crippen LogP contribution in [-0.4, -0.2) is 40.6 Å². The summed E-state index contributed by atoms with van der Waals surface area (Å²) in [5.41, 5.74) is 0. The van der Waals surface area contributed by atoms with E-state index in [4.69, 9.17) is 10.4 Å². The van der Waals surface area contributed by atoms with Gasteiger partial charge in [-0.1, -0.05) is 13.3 Å². The van der Waals surface area contributed by atoms with Crippen LogP contribution in [0.3, 0.4) is 0 Å². The zero-order chi connectivity index (χ0) is 14.8. The van der Waals surface area contributed by atoms with Gasteiger partial charge in [-0.25, -0.2) is 4.79 Å². The van der Waals surface area contributed by atoms with Gasteiger partial charge in [0.05, 0.1) is 18.9 Å². The summed E-state index contributed by atoms with van der Waals surface area (Å²) in [6, 6.07) is 1.31. The maximum atomic E-state index is 12.1. The lowest BCUT2D eigenvalue weighted by molar-refractivity contribution is -0.137. The Morgan fingerprint density at radius 1 is 1.42 bits per heavy atom. The van der Waals surface area contributed by atoms with E-state index >= 15 is 0 Å². The van der Waals surface area contributed by atoms with Gasteiger partial charge in [-0.3, -0.25) is 4.79 Å². The van der Waals surface area contributed by atoms with Crippen molar-refractivity contribution in [3.05, 3.63) is 0 Å². The van der Waals surface area contributed by atoms with Gasteiger partial charge in [0.25, 0.3) is 0 Å². The lowest BCUT2D eigenvalue weighted by atomic mass is 10.1. The molecule has 0 bridgehead atoms. The predicted molar refractivity (Wildman–Crippen MR) is 71.6 cm³/mol. The second kappa shape index (κ2) is 9.20. The quantitative estimate of drug-likeness (QED) is 0.704. The first-order valence-electron chi connectivity index (χ1n) is 6.58. The highest BCUT2D eigenvalue weighted by Crippen LogP contribution is 2.06. The first-order valence-corrected chi connectivity index (χ1v) is 6.58. The third kappa shape index (κ3) is 7.29. The molecule has 0 saturated carbocycles. The number of nitriles is 1. The topological polar surface area (TPSA) is 93.4 Å². The van der Waals surface area contributed by atoms with Crippen molar-refractivity contribution in [3.8, 4) is 6.07 Å². The van der Waals surface area contributed by atoms with E-state index in [1.807, 2.05) is 26.8 Å². The van der Waals surface area contributed by atoms with Crippen molar-refractivity contribution >= 4 is 12.0 Å². The van der Waals surface area contributed by atoms with E-state index in [1.165, 1.54) is 0 Å². The molecule has 0 aromatic heterocycles. The standard InChI is InChI=1S/C13H23N3O3/c1-4-6-11(9-12(17)18)15-13(19)16(10(2)3)8-5-7-14/h10-11H,4-6,8-9H2,1-3H3,(H,15,19)(H,17,18). The summed E-state index contributed by atoms with van der Waals surface area (Å²) in [5, 5.41) is 20.1. The van der Waals surface area contributed by atoms with Gasteiger partial charge in [-0.15, -0.1) is 0 Å². The van der Waals surface area contributed by atoms with Crippen LogP contribution in [0.25, 0.3) is 0 Å². The second-order valence-corrected chi connectivity index (χ2v) is 4.73. The Balaban J connectivity index is 4.56. The number of hydrogen-bond acceptors (Lipinski definition) is 3. The smallest absolute Gasteiger partial charge is 0.317 e. The summed E-state index contributed by atoms with van der Waals surface area (Å²) in [6.07, 6.45) is 1.62. The van der Waals surface area contributed by atoms with Crippen LogP contribution in [0.5, 0.6) is 0 Å². The average Bonchev–Trinajstić information content (AvgIpc) is 2.28. The molecule has 2 N–H and O–H groups in total. The Kier molecular flexibility index (Phi) is 8.34. The summed E-state index contributed by atoms with van der Waals surface area (Å²) in [4.78, 5) is 24.4. The predicted octanol–water partition coefficient (Wildman–Crippen LogP) is 1.96. The highest BCUT2D eigenvalue weighted by molar-refractivity contribution is 5.76. The molecule has 2 amide bonds. The molecule has 0 aromatic carbocycles. The summed E-state index contributed by atoms with van der Waals surface area (Å²) < 4.78 is 0. The van der Waals surface area contributed by atoms with Crippen molar-refractivity contribution in [1.29, 1.82) is 5.26 Å². The number of nitrogens with zero attached hydrogens (tertiary/aromatic N) is 2. The van der Waals surface area contributed by atoms with Crippen molar-refractivity contribution in [3.63, 3.8) is 0 Å². The molecule has 19 heavy (non-hydrogen) atoms. The lowest BCUT2D eigenvalue weighted by Gasteiger charge is -2.28. The van der Waals surface area contributed by atoms with Crippen LogP contribution < -0.4 is 5.32 Å². The zero-order valence-electron chi connectivity index (χ0n) is 11.8. The molecular weight excluding hydrogens is 246 g/mol. The maximum absolute atomic E-state index is 12.1. The van der Waals surface area contributed by atoms with Crippen LogP contribution in [0.2, 0.25) is 0 Å². The van der Waals surface area contributed by atoms with E-state index in [9.17, 15) is 9.59 Å². The molecule has 0 aromatic rings. The van der Waals surface area contributed by atoms with Crippen LogP contribution in [0, 0.1) is 11.3 Å². The first kappa shape index (κ1) is 17.2. The minimum Gasteiger partial charge on any atom is -0.481 e. The van der Waals surface area contributed by atoms with Crippen LogP contribution >= 0.6 is 0 Å². The molecule has 0 saturated heterocycles. The van der Waals surface area contributed by atoms with E-state index in [1.54, 1.807) is 4.90 Å². The van der Waals surface area contributed by atoms with E-state index in [0.717, 1.165) is 6.42 Å². The van der Waals surface area contributed by atoms with Crippen molar-refractivity contribution < 1.29 is 14.7 Å². The number of amides is 2. The summed E-state index contributed by atoms with van der Waals surface area (Å²) in [6.45, 7) is 6.02. The maximum Gasteiger partial charge on any atom is 0.317 e. The fourth-order valence-electron chi connectivity index (χ4n) is 1.81. The molecule has 1 unspecified atom stereocenters. The van der Waals surface area contributed by atoms with Gasteiger partial charge in [-0.2, -0.15) is 5.26 Å². The number of nitrogens with one attached hydrogen (secondary N) is 1. The van der Waals surface area contributed by atoms with Crippen LogP contribution in [0.15, 0.2) is 0 Å². The van der Waals surface area contributed by atoms with E-state index < -0.39 is 5.97 Å². The van der Waals surface area contributed by atoms with Crippen LogP contribution in [-0.2, 0) is 4.79 Å².